The Balaban J connectivity index is 1.37. The van der Waals surface area contributed by atoms with E-state index in [1.165, 1.54) is 12.2 Å². The van der Waals surface area contributed by atoms with Crippen molar-refractivity contribution in [2.75, 3.05) is 12.8 Å². The van der Waals surface area contributed by atoms with E-state index in [9.17, 15) is 17.2 Å². The fraction of sp³-hybridized carbons (Fsp3) is 0.524. The highest BCUT2D eigenvalue weighted by Crippen LogP contribution is 2.38. The van der Waals surface area contributed by atoms with Gasteiger partial charge in [-0.3, -0.25) is 14.9 Å². The Labute approximate surface area is 191 Å². The smallest absolute Gasteiger partial charge is 0.250 e. The number of piperidine rings is 1. The molecule has 1 aliphatic carbocycles. The molecule has 0 bridgehead atoms. The Morgan fingerprint density at radius 1 is 1.27 bits per heavy atom. The minimum absolute atomic E-state index is 0.00197. The molecule has 2 aromatic heterocycles. The van der Waals surface area contributed by atoms with Gasteiger partial charge < -0.3 is 5.73 Å². The zero-order valence-electron chi connectivity index (χ0n) is 18.2. The highest BCUT2D eigenvalue weighted by molar-refractivity contribution is 7.89. The fourth-order valence-electron chi connectivity index (χ4n) is 5.31. The average molecular weight is 480 g/mol. The van der Waals surface area contributed by atoms with Crippen molar-refractivity contribution in [3.8, 4) is 0 Å². The van der Waals surface area contributed by atoms with Crippen molar-refractivity contribution in [2.45, 2.75) is 50.6 Å². The minimum Gasteiger partial charge on any atom is -0.326 e. The average Bonchev–Trinajstić information content (AvgIpc) is 3.46. The van der Waals surface area contributed by atoms with Crippen LogP contribution in [0, 0.1) is 5.92 Å². The van der Waals surface area contributed by atoms with Gasteiger partial charge in [0.05, 0.1) is 18.1 Å². The van der Waals surface area contributed by atoms with Crippen molar-refractivity contribution in [2.24, 2.45) is 11.7 Å². The van der Waals surface area contributed by atoms with E-state index >= 15 is 0 Å². The first-order valence-electron chi connectivity index (χ1n) is 10.9. The van der Waals surface area contributed by atoms with E-state index in [1.807, 2.05) is 0 Å². The Kier molecular flexibility index (Phi) is 5.71. The Bertz CT molecular complexity index is 1170. The molecule has 0 spiro atoms. The second-order valence-electron chi connectivity index (χ2n) is 9.20. The van der Waals surface area contributed by atoms with Crippen LogP contribution in [0.3, 0.4) is 0 Å². The van der Waals surface area contributed by atoms with Crippen LogP contribution in [0.5, 0.6) is 0 Å². The molecule has 33 heavy (non-hydrogen) atoms. The number of aromatic nitrogens is 4. The molecule has 5 rings (SSSR count). The monoisotopic (exact) mass is 479 g/mol. The van der Waals surface area contributed by atoms with Gasteiger partial charge in [-0.15, -0.1) is 0 Å². The number of likely N-dealkylation sites (tertiary alicyclic amines) is 1. The molecule has 1 saturated heterocycles. The van der Waals surface area contributed by atoms with Crippen molar-refractivity contribution < 1.29 is 17.2 Å². The van der Waals surface area contributed by atoms with Gasteiger partial charge in [0.1, 0.15) is 11.7 Å². The number of halogens is 2. The van der Waals surface area contributed by atoms with E-state index < -0.39 is 15.9 Å². The van der Waals surface area contributed by atoms with Gasteiger partial charge in [0.25, 0.3) is 10.0 Å². The zero-order chi connectivity index (χ0) is 23.3. The van der Waals surface area contributed by atoms with Crippen molar-refractivity contribution >= 4 is 10.0 Å². The van der Waals surface area contributed by atoms with Crippen molar-refractivity contribution in [3.05, 3.63) is 59.2 Å². The SMILES string of the molecule is CS(=O)(=O)n1cc2c(n1)CN([C@H]1CC(N)[C@@H](C3CC(F)=CC=C3F)N(Cc3cn[nH]c3)C1)C2. The summed E-state index contributed by atoms with van der Waals surface area (Å²) < 4.78 is 53.4. The third-order valence-corrected chi connectivity index (χ3v) is 7.70. The van der Waals surface area contributed by atoms with E-state index in [1.54, 1.807) is 18.6 Å². The summed E-state index contributed by atoms with van der Waals surface area (Å²) in [4.78, 5) is 4.36. The summed E-state index contributed by atoms with van der Waals surface area (Å²) in [6.45, 7) is 2.23. The summed E-state index contributed by atoms with van der Waals surface area (Å²) in [5.41, 5.74) is 9.19. The van der Waals surface area contributed by atoms with Crippen LogP contribution < -0.4 is 5.73 Å². The van der Waals surface area contributed by atoms with Crippen LogP contribution in [0.25, 0.3) is 0 Å². The summed E-state index contributed by atoms with van der Waals surface area (Å²) in [6, 6.07) is -0.652. The van der Waals surface area contributed by atoms with Gasteiger partial charge in [-0.05, 0) is 18.6 Å². The van der Waals surface area contributed by atoms with E-state index in [4.69, 9.17) is 5.73 Å². The highest BCUT2D eigenvalue weighted by atomic mass is 32.2. The lowest BCUT2D eigenvalue weighted by Crippen LogP contribution is -2.62. The van der Waals surface area contributed by atoms with Gasteiger partial charge >= 0.3 is 0 Å². The molecular formula is C21H27F2N7O2S. The van der Waals surface area contributed by atoms with Crippen LogP contribution in [0.4, 0.5) is 8.78 Å². The first-order chi connectivity index (χ1) is 15.7. The summed E-state index contributed by atoms with van der Waals surface area (Å²) in [5, 5.41) is 11.0. The molecule has 0 aromatic carbocycles. The number of hydrogen-bond donors (Lipinski definition) is 2. The van der Waals surface area contributed by atoms with Crippen LogP contribution >= 0.6 is 0 Å². The molecule has 178 valence electrons. The van der Waals surface area contributed by atoms with E-state index in [0.29, 0.717) is 32.6 Å². The van der Waals surface area contributed by atoms with Crippen molar-refractivity contribution in [1.82, 2.24) is 29.2 Å². The van der Waals surface area contributed by atoms with Crippen molar-refractivity contribution in [3.63, 3.8) is 0 Å². The number of nitrogens with one attached hydrogen (secondary N) is 1. The van der Waals surface area contributed by atoms with Crippen LogP contribution in [-0.4, -0.2) is 68.5 Å². The number of fused-ring (bicyclic) bond motifs is 1. The topological polar surface area (TPSA) is 113 Å². The number of aromatic amines is 1. The first kappa shape index (κ1) is 22.4. The summed E-state index contributed by atoms with van der Waals surface area (Å²) in [5.74, 6) is -1.32. The second-order valence-corrected chi connectivity index (χ2v) is 11.0. The van der Waals surface area contributed by atoms with E-state index in [-0.39, 0.29) is 36.2 Å². The second kappa shape index (κ2) is 8.42. The molecule has 1 fully saturated rings. The molecule has 9 nitrogen and oxygen atoms in total. The minimum atomic E-state index is -3.43. The molecule has 2 aliphatic heterocycles. The number of rotatable bonds is 5. The maximum Gasteiger partial charge on any atom is 0.250 e. The number of hydrogen-bond acceptors (Lipinski definition) is 7. The molecule has 3 N–H and O–H groups in total. The summed E-state index contributed by atoms with van der Waals surface area (Å²) in [7, 11) is -3.43. The largest absolute Gasteiger partial charge is 0.326 e. The quantitative estimate of drug-likeness (QED) is 0.667. The van der Waals surface area contributed by atoms with Gasteiger partial charge in [0.2, 0.25) is 0 Å². The molecule has 4 heterocycles. The lowest BCUT2D eigenvalue weighted by Gasteiger charge is -2.48. The molecule has 0 radical (unpaired) electrons. The summed E-state index contributed by atoms with van der Waals surface area (Å²) in [6.07, 6.45) is 9.21. The molecule has 0 saturated carbocycles. The molecular weight excluding hydrogens is 452 g/mol. The third kappa shape index (κ3) is 4.39. The van der Waals surface area contributed by atoms with Gasteiger partial charge in [0.15, 0.2) is 0 Å². The molecule has 2 aromatic rings. The predicted molar refractivity (Wildman–Crippen MR) is 117 cm³/mol. The number of nitrogens with zero attached hydrogens (tertiary/aromatic N) is 5. The fourth-order valence-corrected chi connectivity index (χ4v) is 5.88. The maximum atomic E-state index is 14.8. The Morgan fingerprint density at radius 2 is 2.09 bits per heavy atom. The van der Waals surface area contributed by atoms with Gasteiger partial charge in [-0.2, -0.15) is 14.3 Å². The lowest BCUT2D eigenvalue weighted by molar-refractivity contribution is 0.0148. The molecule has 2 unspecified atom stereocenters. The normalized spacial score (nSPS) is 29.1. The predicted octanol–water partition coefficient (Wildman–Crippen LogP) is 1.43. The van der Waals surface area contributed by atoms with Gasteiger partial charge in [-0.25, -0.2) is 17.2 Å². The third-order valence-electron chi connectivity index (χ3n) is 6.83. The maximum absolute atomic E-state index is 14.8. The van der Waals surface area contributed by atoms with Crippen LogP contribution in [0.15, 0.2) is 42.4 Å². The number of H-pyrrole nitrogens is 1. The Morgan fingerprint density at radius 3 is 2.79 bits per heavy atom. The van der Waals surface area contributed by atoms with Gasteiger partial charge in [-0.1, -0.05) is 0 Å². The van der Waals surface area contributed by atoms with E-state index in [0.717, 1.165) is 27.2 Å². The summed E-state index contributed by atoms with van der Waals surface area (Å²) >= 11 is 0. The van der Waals surface area contributed by atoms with Crippen LogP contribution in [0.1, 0.15) is 29.7 Å². The standard InChI is InChI=1S/C21H27F2N7O2S/c1-33(31,32)30-10-14-9-28(12-20(14)27-30)16-5-19(24)21(17-4-15(22)2-3-18(17)23)29(11-16)8-13-6-25-26-7-13/h2-3,6-7,10,16-17,19,21H,4-5,8-9,11-12,24H2,1H3,(H,25,26)/t16-,17?,19?,21+/m0/s1. The molecule has 4 atom stereocenters. The molecule has 12 heteroatoms. The lowest BCUT2D eigenvalue weighted by atomic mass is 9.80. The van der Waals surface area contributed by atoms with Crippen LogP contribution in [0.2, 0.25) is 0 Å². The van der Waals surface area contributed by atoms with E-state index in [2.05, 4.69) is 25.1 Å². The highest BCUT2D eigenvalue weighted by Gasteiger charge is 2.44. The zero-order valence-corrected chi connectivity index (χ0v) is 19.0. The van der Waals surface area contributed by atoms with Crippen LogP contribution in [-0.2, 0) is 29.7 Å². The van der Waals surface area contributed by atoms with Gasteiger partial charge in [0, 0.05) is 80.2 Å². The first-order valence-corrected chi connectivity index (χ1v) is 12.7. The molecule has 3 aliphatic rings. The van der Waals surface area contributed by atoms with Crippen molar-refractivity contribution in [1.29, 1.82) is 0 Å². The number of allylic oxidation sites excluding steroid dienone is 3. The molecule has 0 amide bonds. The number of nitrogens with two attached hydrogens (primary N) is 1. The Hall–Kier alpha value is -2.41.